The third-order valence-corrected chi connectivity index (χ3v) is 5.47. The number of anilines is 1. The number of morpholine rings is 1. The van der Waals surface area contributed by atoms with Crippen molar-refractivity contribution in [3.63, 3.8) is 0 Å². The molecule has 2 aromatic heterocycles. The van der Waals surface area contributed by atoms with Crippen LogP contribution in [0, 0.1) is 0 Å². The molecular weight excluding hydrogens is 310 g/mol. The van der Waals surface area contributed by atoms with Crippen molar-refractivity contribution in [1.29, 1.82) is 0 Å². The summed E-state index contributed by atoms with van der Waals surface area (Å²) in [6, 6.07) is 2.14. The van der Waals surface area contributed by atoms with Crippen molar-refractivity contribution in [2.45, 2.75) is 44.8 Å². The number of rotatable bonds is 2. The van der Waals surface area contributed by atoms with Crippen LogP contribution in [0.5, 0.6) is 0 Å². The van der Waals surface area contributed by atoms with Crippen LogP contribution in [-0.2, 0) is 15.9 Å². The van der Waals surface area contributed by atoms with Crippen molar-refractivity contribution < 1.29 is 9.47 Å². The lowest BCUT2D eigenvalue weighted by molar-refractivity contribution is -0.160. The van der Waals surface area contributed by atoms with Crippen LogP contribution in [0.15, 0.2) is 11.4 Å². The van der Waals surface area contributed by atoms with E-state index in [1.165, 1.54) is 0 Å². The molecule has 0 amide bonds. The van der Waals surface area contributed by atoms with Gasteiger partial charge in [0.25, 0.3) is 0 Å². The molecular formula is C17H23N3O2S. The molecule has 2 unspecified atom stereocenters. The zero-order chi connectivity index (χ0) is 15.9. The second kappa shape index (κ2) is 6.00. The highest BCUT2D eigenvalue weighted by molar-refractivity contribution is 7.16. The van der Waals surface area contributed by atoms with Gasteiger partial charge < -0.3 is 14.4 Å². The van der Waals surface area contributed by atoms with E-state index in [-0.39, 0.29) is 11.7 Å². The molecule has 0 radical (unpaired) electrons. The number of hydrogen-bond acceptors (Lipinski definition) is 6. The lowest BCUT2D eigenvalue weighted by Gasteiger charge is -2.47. The molecule has 0 N–H and O–H groups in total. The zero-order valence-electron chi connectivity index (χ0n) is 13.7. The Labute approximate surface area is 140 Å². The summed E-state index contributed by atoms with van der Waals surface area (Å²) in [7, 11) is 0. The van der Waals surface area contributed by atoms with Crippen LogP contribution in [-0.4, -0.2) is 48.0 Å². The van der Waals surface area contributed by atoms with Gasteiger partial charge in [-0.2, -0.15) is 0 Å². The number of thiophene rings is 1. The Morgan fingerprint density at radius 3 is 3.13 bits per heavy atom. The van der Waals surface area contributed by atoms with E-state index in [0.29, 0.717) is 6.61 Å². The predicted octanol–water partition coefficient (Wildman–Crippen LogP) is 3.03. The Bertz CT molecular complexity index is 696. The fourth-order valence-corrected chi connectivity index (χ4v) is 4.49. The van der Waals surface area contributed by atoms with E-state index in [1.54, 1.807) is 11.3 Å². The largest absolute Gasteiger partial charge is 0.378 e. The molecule has 2 atom stereocenters. The third-order valence-electron chi connectivity index (χ3n) is 4.66. The summed E-state index contributed by atoms with van der Waals surface area (Å²) in [6.07, 6.45) is 3.17. The van der Waals surface area contributed by atoms with Crippen LogP contribution in [0.3, 0.4) is 0 Å². The molecule has 23 heavy (non-hydrogen) atoms. The van der Waals surface area contributed by atoms with Gasteiger partial charge in [0.05, 0.1) is 24.6 Å². The van der Waals surface area contributed by atoms with Gasteiger partial charge in [0.15, 0.2) is 0 Å². The van der Waals surface area contributed by atoms with E-state index in [9.17, 15) is 0 Å². The Morgan fingerprint density at radius 1 is 1.43 bits per heavy atom. The number of hydrogen-bond donors (Lipinski definition) is 0. The van der Waals surface area contributed by atoms with Gasteiger partial charge in [0, 0.05) is 19.6 Å². The molecule has 2 saturated heterocycles. The van der Waals surface area contributed by atoms with E-state index in [2.05, 4.69) is 35.2 Å². The van der Waals surface area contributed by atoms with Gasteiger partial charge in [0.2, 0.25) is 0 Å². The quantitative estimate of drug-likeness (QED) is 0.845. The monoisotopic (exact) mass is 333 g/mol. The average Bonchev–Trinajstić information content (AvgIpc) is 3.02. The smallest absolute Gasteiger partial charge is 0.141 e. The molecule has 0 aliphatic carbocycles. The maximum absolute atomic E-state index is 6.31. The molecule has 4 rings (SSSR count). The van der Waals surface area contributed by atoms with E-state index in [0.717, 1.165) is 60.8 Å². The summed E-state index contributed by atoms with van der Waals surface area (Å²) in [4.78, 5) is 13.0. The molecule has 124 valence electrons. The van der Waals surface area contributed by atoms with Gasteiger partial charge in [-0.15, -0.1) is 11.3 Å². The maximum Gasteiger partial charge on any atom is 0.141 e. The summed E-state index contributed by atoms with van der Waals surface area (Å²) in [5.74, 6) is 1.98. The highest BCUT2D eigenvalue weighted by Gasteiger charge is 2.42. The summed E-state index contributed by atoms with van der Waals surface area (Å²) < 4.78 is 12.0. The van der Waals surface area contributed by atoms with Gasteiger partial charge in [-0.3, -0.25) is 0 Å². The predicted molar refractivity (Wildman–Crippen MR) is 92.3 cm³/mol. The summed E-state index contributed by atoms with van der Waals surface area (Å²) >= 11 is 1.69. The second-order valence-corrected chi connectivity index (χ2v) is 7.50. The van der Waals surface area contributed by atoms with Gasteiger partial charge >= 0.3 is 0 Å². The fourth-order valence-electron chi connectivity index (χ4n) is 3.71. The van der Waals surface area contributed by atoms with Crippen LogP contribution in [0.2, 0.25) is 0 Å². The van der Waals surface area contributed by atoms with Crippen LogP contribution < -0.4 is 4.90 Å². The van der Waals surface area contributed by atoms with Gasteiger partial charge in [-0.25, -0.2) is 9.97 Å². The second-order valence-electron chi connectivity index (χ2n) is 6.60. The first-order chi connectivity index (χ1) is 11.2. The van der Waals surface area contributed by atoms with Crippen molar-refractivity contribution in [2.24, 2.45) is 0 Å². The Balaban J connectivity index is 1.72. The van der Waals surface area contributed by atoms with Gasteiger partial charge in [-0.05, 0) is 31.2 Å². The fraction of sp³-hybridized carbons (Fsp3) is 0.647. The van der Waals surface area contributed by atoms with Crippen molar-refractivity contribution >= 4 is 27.4 Å². The maximum atomic E-state index is 6.31. The minimum Gasteiger partial charge on any atom is -0.378 e. The Kier molecular flexibility index (Phi) is 3.99. The van der Waals surface area contributed by atoms with Crippen molar-refractivity contribution in [2.75, 3.05) is 31.2 Å². The van der Waals surface area contributed by atoms with E-state index in [4.69, 9.17) is 14.5 Å². The molecule has 0 aromatic carbocycles. The van der Waals surface area contributed by atoms with Gasteiger partial charge in [-0.1, -0.05) is 6.92 Å². The van der Waals surface area contributed by atoms with Gasteiger partial charge in [0.1, 0.15) is 22.1 Å². The molecule has 2 aliphatic rings. The minimum atomic E-state index is -0.185. The standard InChI is InChI=1S/C17H23N3O2S/c1-3-14-18-15(13-5-8-23-16(13)19-14)20-9-12(2)22-17(10-20)6-4-7-21-11-17/h5,8,12H,3-4,6-7,9-11H2,1-2H3. The third kappa shape index (κ3) is 2.84. The highest BCUT2D eigenvalue weighted by atomic mass is 32.1. The molecule has 4 heterocycles. The van der Waals surface area contributed by atoms with E-state index >= 15 is 0 Å². The van der Waals surface area contributed by atoms with Crippen molar-refractivity contribution in [3.8, 4) is 0 Å². The zero-order valence-corrected chi connectivity index (χ0v) is 14.6. The van der Waals surface area contributed by atoms with Crippen LogP contribution in [0.1, 0.15) is 32.5 Å². The lowest BCUT2D eigenvalue weighted by Crippen LogP contribution is -2.59. The SMILES string of the molecule is CCc1nc(N2CC(C)OC3(CCCOC3)C2)c2ccsc2n1. The summed E-state index contributed by atoms with van der Waals surface area (Å²) in [6.45, 7) is 7.51. The molecule has 2 fully saturated rings. The lowest BCUT2D eigenvalue weighted by atomic mass is 9.93. The molecule has 2 aliphatic heterocycles. The van der Waals surface area contributed by atoms with Crippen molar-refractivity contribution in [3.05, 3.63) is 17.3 Å². The number of nitrogens with zero attached hydrogens (tertiary/aromatic N) is 3. The summed E-state index contributed by atoms with van der Waals surface area (Å²) in [5, 5.41) is 3.26. The molecule has 0 bridgehead atoms. The van der Waals surface area contributed by atoms with E-state index in [1.807, 2.05) is 0 Å². The van der Waals surface area contributed by atoms with Crippen LogP contribution in [0.25, 0.3) is 10.2 Å². The first kappa shape index (κ1) is 15.3. The molecule has 2 aromatic rings. The Morgan fingerprint density at radius 2 is 2.35 bits per heavy atom. The molecule has 5 nitrogen and oxygen atoms in total. The number of fused-ring (bicyclic) bond motifs is 1. The van der Waals surface area contributed by atoms with E-state index < -0.39 is 0 Å². The number of aryl methyl sites for hydroxylation is 1. The first-order valence-electron chi connectivity index (χ1n) is 8.44. The number of aromatic nitrogens is 2. The minimum absolute atomic E-state index is 0.180. The molecule has 1 spiro atoms. The molecule has 0 saturated carbocycles. The Hall–Kier alpha value is -1.24. The topological polar surface area (TPSA) is 47.5 Å². The highest BCUT2D eigenvalue weighted by Crippen LogP contribution is 2.35. The van der Waals surface area contributed by atoms with Crippen LogP contribution >= 0.6 is 11.3 Å². The van der Waals surface area contributed by atoms with Crippen molar-refractivity contribution in [1.82, 2.24) is 9.97 Å². The molecule has 6 heteroatoms. The summed E-state index contributed by atoms with van der Waals surface area (Å²) in [5.41, 5.74) is -0.185. The average molecular weight is 333 g/mol. The van der Waals surface area contributed by atoms with Crippen LogP contribution in [0.4, 0.5) is 5.82 Å². The number of ether oxygens (including phenoxy) is 2. The first-order valence-corrected chi connectivity index (χ1v) is 9.32. The normalized spacial score (nSPS) is 28.6.